The first-order chi connectivity index (χ1) is 19.4. The van der Waals surface area contributed by atoms with Gasteiger partial charge >= 0.3 is 0 Å². The average Bonchev–Trinajstić information content (AvgIpc) is 3.63. The van der Waals surface area contributed by atoms with Crippen LogP contribution >= 0.6 is 15.1 Å². The van der Waals surface area contributed by atoms with Crippen molar-refractivity contribution in [2.24, 2.45) is 0 Å². The van der Waals surface area contributed by atoms with E-state index >= 15 is 0 Å². The van der Waals surface area contributed by atoms with Gasteiger partial charge in [0.15, 0.2) is 0 Å². The minimum Gasteiger partial charge on any atom is -0.109 e. The second-order valence-electron chi connectivity index (χ2n) is 10.0. The van der Waals surface area contributed by atoms with Crippen LogP contribution < -0.4 is 0 Å². The summed E-state index contributed by atoms with van der Waals surface area (Å²) in [6.45, 7) is 0. The highest BCUT2D eigenvalue weighted by Crippen LogP contribution is 2.54. The smallest absolute Gasteiger partial charge is 0.00178 e. The lowest BCUT2D eigenvalue weighted by Gasteiger charge is -2.12. The summed E-state index contributed by atoms with van der Waals surface area (Å²) >= 11 is 0. The van der Waals surface area contributed by atoms with Crippen LogP contribution in [0.3, 0.4) is 0 Å². The fourth-order valence-electron chi connectivity index (χ4n) is 5.58. The van der Waals surface area contributed by atoms with Gasteiger partial charge in [-0.2, -0.15) is 0 Å². The van der Waals surface area contributed by atoms with Crippen molar-refractivity contribution < 1.29 is 0 Å². The summed E-state index contributed by atoms with van der Waals surface area (Å²) in [6.07, 6.45) is 6.36. The minimum absolute atomic E-state index is 0.337. The minimum atomic E-state index is -0.337. The summed E-state index contributed by atoms with van der Waals surface area (Å²) in [5.74, 6) is 0. The molecule has 4 aromatic carbocycles. The molecule has 39 heavy (non-hydrogen) atoms. The molecule has 2 heteroatoms. The van der Waals surface area contributed by atoms with E-state index in [4.69, 9.17) is 0 Å². The Morgan fingerprint density at radius 1 is 0.282 bits per heavy atom. The molecule has 0 saturated heterocycles. The lowest BCUT2D eigenvalue weighted by Crippen LogP contribution is -1.82. The van der Waals surface area contributed by atoms with Crippen LogP contribution in [-0.2, 0) is 12.3 Å². The molecule has 2 heterocycles. The third-order valence-corrected chi connectivity index (χ3v) is 13.0. The second kappa shape index (κ2) is 12.5. The summed E-state index contributed by atoms with van der Waals surface area (Å²) in [4.78, 5) is 0. The monoisotopic (exact) mass is 540 g/mol. The van der Waals surface area contributed by atoms with Crippen LogP contribution in [0.5, 0.6) is 0 Å². The van der Waals surface area contributed by atoms with Crippen molar-refractivity contribution >= 4 is 15.1 Å². The van der Waals surface area contributed by atoms with E-state index in [0.717, 1.165) is 0 Å². The largest absolute Gasteiger partial charge is 0.109 e. The second-order valence-corrected chi connectivity index (χ2v) is 14.6. The van der Waals surface area contributed by atoms with Crippen LogP contribution in [0.4, 0.5) is 0 Å². The Balaban J connectivity index is 1.20. The van der Waals surface area contributed by atoms with Gasteiger partial charge in [-0.3, -0.25) is 0 Å². The van der Waals surface area contributed by atoms with Crippen LogP contribution in [0.1, 0.15) is 19.3 Å². The normalized spacial score (nSPS) is 11.1. The van der Waals surface area contributed by atoms with Crippen molar-refractivity contribution in [3.63, 3.8) is 0 Å². The molecule has 0 nitrogen and oxygen atoms in total. The Kier molecular flexibility index (Phi) is 8.26. The maximum absolute atomic E-state index is 2.39. The molecule has 0 aliphatic rings. The van der Waals surface area contributed by atoms with Crippen molar-refractivity contribution in [2.45, 2.75) is 31.6 Å². The first-order valence-corrected chi connectivity index (χ1v) is 17.0. The van der Waals surface area contributed by atoms with Crippen LogP contribution in [0, 0.1) is 0 Å². The molecule has 0 fully saturated rings. The molecule has 0 atom stereocenters. The lowest BCUT2D eigenvalue weighted by molar-refractivity contribution is 0.737. The van der Waals surface area contributed by atoms with Crippen molar-refractivity contribution in [1.29, 1.82) is 0 Å². The van der Waals surface area contributed by atoms with E-state index < -0.39 is 0 Å². The molecule has 6 aromatic rings. The number of hydrogen-bond acceptors (Lipinski definition) is 0. The standard InChI is InChI=1S/C37H34P2/c1-6-16-30(17-7-1)34-24-25-35(31-18-8-2-9-19-31)38(34)28-14-5-15-29-39-36(32-20-10-3-11-21-32)26-27-37(39)33-22-12-4-13-23-33/h1-4,6-13,16-27H,5,14-15,28-29H2. The Hall–Kier alpha value is -3.56. The van der Waals surface area contributed by atoms with Crippen molar-refractivity contribution in [3.8, 4) is 43.4 Å². The molecule has 0 bridgehead atoms. The Bertz CT molecular complexity index is 1360. The van der Waals surface area contributed by atoms with Gasteiger partial charge in [-0.1, -0.05) is 128 Å². The summed E-state index contributed by atoms with van der Waals surface area (Å²) in [5, 5.41) is 6.14. The summed E-state index contributed by atoms with van der Waals surface area (Å²) < 4.78 is 0. The van der Waals surface area contributed by atoms with Gasteiger partial charge in [-0.05, 0) is 71.7 Å². The predicted molar refractivity (Wildman–Crippen MR) is 174 cm³/mol. The quantitative estimate of drug-likeness (QED) is 0.152. The Labute approximate surface area is 235 Å². The maximum atomic E-state index is 2.39. The van der Waals surface area contributed by atoms with E-state index in [1.54, 1.807) is 0 Å². The molecular weight excluding hydrogens is 506 g/mol. The van der Waals surface area contributed by atoms with Crippen LogP contribution in [-0.4, -0.2) is 0 Å². The van der Waals surface area contributed by atoms with E-state index in [2.05, 4.69) is 146 Å². The lowest BCUT2D eigenvalue weighted by atomic mass is 10.2. The zero-order valence-corrected chi connectivity index (χ0v) is 24.1. The van der Waals surface area contributed by atoms with Gasteiger partial charge in [0.25, 0.3) is 0 Å². The SMILES string of the molecule is c1ccc(-c2ccc(-c3ccccc3)p2CCCCCp2c(-c3ccccc3)ccc2-c2ccccc2)cc1. The third kappa shape index (κ3) is 5.89. The van der Waals surface area contributed by atoms with E-state index in [9.17, 15) is 0 Å². The third-order valence-electron chi connectivity index (χ3n) is 7.50. The molecule has 0 aliphatic carbocycles. The molecular formula is C37H34P2. The molecule has 2 aromatic heterocycles. The fraction of sp³-hybridized carbons (Fsp3) is 0.135. The Morgan fingerprint density at radius 3 is 0.795 bits per heavy atom. The zero-order chi connectivity index (χ0) is 26.3. The molecule has 6 rings (SSSR count). The Morgan fingerprint density at radius 2 is 0.538 bits per heavy atom. The van der Waals surface area contributed by atoms with E-state index in [-0.39, 0.29) is 15.1 Å². The van der Waals surface area contributed by atoms with Gasteiger partial charge in [0, 0.05) is 21.2 Å². The van der Waals surface area contributed by atoms with Gasteiger partial charge < -0.3 is 0 Å². The summed E-state index contributed by atoms with van der Waals surface area (Å²) in [5.41, 5.74) is 5.54. The van der Waals surface area contributed by atoms with Crippen molar-refractivity contribution in [1.82, 2.24) is 0 Å². The van der Waals surface area contributed by atoms with Crippen LogP contribution in [0.2, 0.25) is 0 Å². The summed E-state index contributed by atoms with van der Waals surface area (Å²) in [6, 6.07) is 53.6. The van der Waals surface area contributed by atoms with Gasteiger partial charge in [-0.15, -0.1) is 15.1 Å². The first-order valence-electron chi connectivity index (χ1n) is 14.0. The number of benzene rings is 4. The van der Waals surface area contributed by atoms with E-state index in [1.165, 1.54) is 75.0 Å². The number of rotatable bonds is 10. The van der Waals surface area contributed by atoms with Crippen molar-refractivity contribution in [3.05, 3.63) is 146 Å². The van der Waals surface area contributed by atoms with E-state index in [0.29, 0.717) is 0 Å². The first kappa shape index (κ1) is 25.7. The molecule has 0 aliphatic heterocycles. The number of hydrogen-bond donors (Lipinski definition) is 0. The maximum Gasteiger partial charge on any atom is 0.00178 e. The fourth-order valence-corrected chi connectivity index (χ4v) is 11.0. The molecule has 0 saturated carbocycles. The van der Waals surface area contributed by atoms with Crippen LogP contribution in [0.15, 0.2) is 146 Å². The van der Waals surface area contributed by atoms with Gasteiger partial charge in [-0.25, -0.2) is 0 Å². The van der Waals surface area contributed by atoms with E-state index in [1.807, 2.05) is 0 Å². The molecule has 0 spiro atoms. The van der Waals surface area contributed by atoms with Gasteiger partial charge in [0.1, 0.15) is 0 Å². The van der Waals surface area contributed by atoms with Gasteiger partial charge in [0.2, 0.25) is 0 Å². The number of unbranched alkanes of at least 4 members (excludes halogenated alkanes) is 2. The predicted octanol–water partition coefficient (Wildman–Crippen LogP) is 12.2. The molecule has 0 amide bonds. The molecule has 192 valence electrons. The highest BCUT2D eigenvalue weighted by molar-refractivity contribution is 7.56. The van der Waals surface area contributed by atoms with Crippen LogP contribution in [0.25, 0.3) is 43.4 Å². The average molecular weight is 541 g/mol. The van der Waals surface area contributed by atoms with Gasteiger partial charge in [0.05, 0.1) is 0 Å². The summed E-state index contributed by atoms with van der Waals surface area (Å²) in [7, 11) is -0.673. The molecule has 0 unspecified atom stereocenters. The highest BCUT2D eigenvalue weighted by Gasteiger charge is 2.15. The zero-order valence-electron chi connectivity index (χ0n) is 22.3. The molecule has 0 radical (unpaired) electrons. The topological polar surface area (TPSA) is 0 Å². The van der Waals surface area contributed by atoms with Crippen molar-refractivity contribution in [2.75, 3.05) is 0 Å². The highest BCUT2D eigenvalue weighted by atomic mass is 31.1. The molecule has 0 N–H and O–H groups in total.